The first-order valence-electron chi connectivity index (χ1n) is 5.83. The monoisotopic (exact) mass is 272 g/mol. The van der Waals surface area contributed by atoms with Crippen molar-refractivity contribution in [3.63, 3.8) is 0 Å². The lowest BCUT2D eigenvalue weighted by molar-refractivity contribution is 0.0922. The summed E-state index contributed by atoms with van der Waals surface area (Å²) < 4.78 is 5.17. The fourth-order valence-corrected chi connectivity index (χ4v) is 1.67. The van der Waals surface area contributed by atoms with Crippen LogP contribution in [0.15, 0.2) is 11.2 Å². The van der Waals surface area contributed by atoms with Gasteiger partial charge >= 0.3 is 0 Å². The molecule has 0 spiro atoms. The molecule has 0 aliphatic carbocycles. The van der Waals surface area contributed by atoms with Crippen LogP contribution >= 0.6 is 11.8 Å². The number of rotatable bonds is 9. The molecule has 1 aromatic heterocycles. The molecule has 0 bridgehead atoms. The second kappa shape index (κ2) is 8.96. The van der Waals surface area contributed by atoms with Crippen molar-refractivity contribution in [2.75, 3.05) is 50.3 Å². The van der Waals surface area contributed by atoms with Gasteiger partial charge in [-0.3, -0.25) is 0 Å². The third kappa shape index (κ3) is 5.52. The van der Waals surface area contributed by atoms with E-state index in [1.165, 1.54) is 11.8 Å². The molecule has 18 heavy (non-hydrogen) atoms. The van der Waals surface area contributed by atoms with Gasteiger partial charge in [-0.2, -0.15) is 0 Å². The molecule has 6 nitrogen and oxygen atoms in total. The molecule has 0 saturated carbocycles. The summed E-state index contributed by atoms with van der Waals surface area (Å²) in [6.07, 6.45) is 2.81. The normalized spacial score (nSPS) is 10.4. The van der Waals surface area contributed by atoms with Crippen LogP contribution in [0.3, 0.4) is 0 Å². The molecule has 7 heteroatoms. The van der Waals surface area contributed by atoms with Gasteiger partial charge in [0.2, 0.25) is 0 Å². The van der Waals surface area contributed by atoms with Crippen molar-refractivity contribution < 1.29 is 9.84 Å². The first-order chi connectivity index (χ1) is 8.80. The molecule has 1 heterocycles. The zero-order valence-electron chi connectivity index (χ0n) is 10.8. The van der Waals surface area contributed by atoms with Crippen LogP contribution in [0.2, 0.25) is 0 Å². The zero-order chi connectivity index (χ0) is 13.2. The van der Waals surface area contributed by atoms with Gasteiger partial charge in [0, 0.05) is 26.3 Å². The predicted octanol–water partition coefficient (Wildman–Crippen LogP) is 1.05. The summed E-state index contributed by atoms with van der Waals surface area (Å²) in [4.78, 5) is 8.64. The Hall–Kier alpha value is -1.05. The molecule has 0 atom stereocenters. The van der Waals surface area contributed by atoms with Crippen LogP contribution in [0.5, 0.6) is 0 Å². The minimum absolute atomic E-state index is 0.0714. The van der Waals surface area contributed by atoms with Gasteiger partial charge in [-0.1, -0.05) is 11.8 Å². The minimum Gasteiger partial charge on any atom is -0.394 e. The number of aliphatic hydroxyl groups is 1. The van der Waals surface area contributed by atoms with E-state index in [2.05, 4.69) is 20.6 Å². The van der Waals surface area contributed by atoms with E-state index in [4.69, 9.17) is 9.84 Å². The highest BCUT2D eigenvalue weighted by Crippen LogP contribution is 2.16. The van der Waals surface area contributed by atoms with E-state index in [9.17, 15) is 0 Å². The van der Waals surface area contributed by atoms with Crippen LogP contribution in [0.25, 0.3) is 0 Å². The van der Waals surface area contributed by atoms with Gasteiger partial charge in [-0.05, 0) is 12.7 Å². The predicted molar refractivity (Wildman–Crippen MR) is 74.4 cm³/mol. The summed E-state index contributed by atoms with van der Waals surface area (Å²) in [6.45, 7) is 1.88. The first kappa shape index (κ1) is 15.0. The molecule has 0 fully saturated rings. The molecule has 0 aromatic carbocycles. The summed E-state index contributed by atoms with van der Waals surface area (Å²) in [5, 5.41) is 15.5. The highest BCUT2D eigenvalue weighted by atomic mass is 32.2. The van der Waals surface area contributed by atoms with Crippen LogP contribution in [0.1, 0.15) is 6.42 Å². The summed E-state index contributed by atoms with van der Waals surface area (Å²) in [7, 11) is 1.83. The van der Waals surface area contributed by atoms with E-state index in [0.29, 0.717) is 13.2 Å². The SMILES string of the molecule is CNc1cc(NCCCOCCO)nc(SC)n1. The first-order valence-corrected chi connectivity index (χ1v) is 7.06. The van der Waals surface area contributed by atoms with Gasteiger partial charge in [-0.25, -0.2) is 9.97 Å². The largest absolute Gasteiger partial charge is 0.394 e. The smallest absolute Gasteiger partial charge is 0.191 e. The maximum atomic E-state index is 8.55. The Bertz CT molecular complexity index is 330. The number of aromatic nitrogens is 2. The minimum atomic E-state index is 0.0714. The van der Waals surface area contributed by atoms with Crippen molar-refractivity contribution in [3.05, 3.63) is 6.07 Å². The van der Waals surface area contributed by atoms with Crippen molar-refractivity contribution in [1.29, 1.82) is 0 Å². The van der Waals surface area contributed by atoms with E-state index in [-0.39, 0.29) is 6.61 Å². The van der Waals surface area contributed by atoms with E-state index >= 15 is 0 Å². The van der Waals surface area contributed by atoms with Crippen LogP contribution in [-0.4, -0.2) is 54.7 Å². The fourth-order valence-electron chi connectivity index (χ4n) is 1.29. The highest BCUT2D eigenvalue weighted by molar-refractivity contribution is 7.98. The molecular formula is C11H20N4O2S. The van der Waals surface area contributed by atoms with Crippen molar-refractivity contribution in [1.82, 2.24) is 9.97 Å². The number of nitrogens with one attached hydrogen (secondary N) is 2. The second-order valence-electron chi connectivity index (χ2n) is 3.49. The topological polar surface area (TPSA) is 79.3 Å². The van der Waals surface area contributed by atoms with Crippen molar-refractivity contribution >= 4 is 23.4 Å². The average Bonchev–Trinajstić information content (AvgIpc) is 2.42. The molecular weight excluding hydrogens is 252 g/mol. The summed E-state index contributed by atoms with van der Waals surface area (Å²) in [5.74, 6) is 1.61. The number of thioether (sulfide) groups is 1. The Kier molecular flexibility index (Phi) is 7.47. The number of nitrogens with zero attached hydrogens (tertiary/aromatic N) is 2. The number of hydrogen-bond acceptors (Lipinski definition) is 7. The molecule has 1 aromatic rings. The molecule has 0 saturated heterocycles. The maximum Gasteiger partial charge on any atom is 0.191 e. The Balaban J connectivity index is 2.36. The van der Waals surface area contributed by atoms with Crippen LogP contribution < -0.4 is 10.6 Å². The Morgan fingerprint density at radius 2 is 2.11 bits per heavy atom. The van der Waals surface area contributed by atoms with E-state index < -0.39 is 0 Å². The summed E-state index contributed by atoms with van der Waals surface area (Å²) in [5.41, 5.74) is 0. The lowest BCUT2D eigenvalue weighted by atomic mass is 10.4. The van der Waals surface area contributed by atoms with E-state index in [1.807, 2.05) is 19.4 Å². The quantitative estimate of drug-likeness (QED) is 0.352. The van der Waals surface area contributed by atoms with Gasteiger partial charge in [-0.15, -0.1) is 0 Å². The van der Waals surface area contributed by atoms with Crippen molar-refractivity contribution in [3.8, 4) is 0 Å². The fraction of sp³-hybridized carbons (Fsp3) is 0.636. The summed E-state index contributed by atoms with van der Waals surface area (Å²) >= 11 is 1.51. The third-order valence-electron chi connectivity index (χ3n) is 2.15. The maximum absolute atomic E-state index is 8.55. The van der Waals surface area contributed by atoms with Crippen LogP contribution in [0.4, 0.5) is 11.6 Å². The molecule has 102 valence electrons. The lowest BCUT2D eigenvalue weighted by Crippen LogP contribution is -2.09. The number of ether oxygens (including phenoxy) is 1. The molecule has 0 amide bonds. The van der Waals surface area contributed by atoms with Crippen LogP contribution in [0, 0.1) is 0 Å². The standard InChI is InChI=1S/C11H20N4O2S/c1-12-9-8-10(15-11(14-9)18-2)13-4-3-6-17-7-5-16/h8,16H,3-7H2,1-2H3,(H2,12,13,14,15). The van der Waals surface area contributed by atoms with Gasteiger partial charge in [0.15, 0.2) is 5.16 Å². The zero-order valence-corrected chi connectivity index (χ0v) is 11.6. The summed E-state index contributed by atoms with van der Waals surface area (Å²) in [6, 6.07) is 1.87. The number of hydrogen-bond donors (Lipinski definition) is 3. The molecule has 0 radical (unpaired) electrons. The van der Waals surface area contributed by atoms with E-state index in [1.54, 1.807) is 0 Å². The third-order valence-corrected chi connectivity index (χ3v) is 2.70. The van der Waals surface area contributed by atoms with Gasteiger partial charge in [0.25, 0.3) is 0 Å². The second-order valence-corrected chi connectivity index (χ2v) is 4.26. The van der Waals surface area contributed by atoms with Gasteiger partial charge < -0.3 is 20.5 Å². The van der Waals surface area contributed by atoms with Crippen LogP contribution in [-0.2, 0) is 4.74 Å². The van der Waals surface area contributed by atoms with Gasteiger partial charge in [0.1, 0.15) is 11.6 Å². The Morgan fingerprint density at radius 3 is 2.78 bits per heavy atom. The lowest BCUT2D eigenvalue weighted by Gasteiger charge is -2.08. The number of anilines is 2. The Labute approximate surface area is 112 Å². The average molecular weight is 272 g/mol. The van der Waals surface area contributed by atoms with Crippen molar-refractivity contribution in [2.24, 2.45) is 0 Å². The highest BCUT2D eigenvalue weighted by Gasteiger charge is 2.02. The molecule has 1 rings (SSSR count). The molecule has 3 N–H and O–H groups in total. The van der Waals surface area contributed by atoms with Gasteiger partial charge in [0.05, 0.1) is 13.2 Å². The molecule has 0 unspecified atom stereocenters. The number of aliphatic hydroxyl groups excluding tert-OH is 1. The molecule has 0 aliphatic rings. The van der Waals surface area contributed by atoms with E-state index in [0.717, 1.165) is 29.8 Å². The molecule has 0 aliphatic heterocycles. The van der Waals surface area contributed by atoms with Crippen molar-refractivity contribution in [2.45, 2.75) is 11.6 Å². The Morgan fingerprint density at radius 1 is 1.33 bits per heavy atom.